The summed E-state index contributed by atoms with van der Waals surface area (Å²) in [6, 6.07) is 17.1. The molecule has 0 aliphatic carbocycles. The zero-order chi connectivity index (χ0) is 14.7. The highest BCUT2D eigenvalue weighted by Crippen LogP contribution is 2.30. The van der Waals surface area contributed by atoms with Crippen LogP contribution in [0.25, 0.3) is 0 Å². The van der Waals surface area contributed by atoms with E-state index in [0.717, 1.165) is 24.7 Å². The summed E-state index contributed by atoms with van der Waals surface area (Å²) in [5, 5.41) is 0. The van der Waals surface area contributed by atoms with Crippen molar-refractivity contribution in [2.75, 3.05) is 23.7 Å². The average molecular weight is 280 g/mol. The lowest BCUT2D eigenvalue weighted by Crippen LogP contribution is -2.34. The van der Waals surface area contributed by atoms with Gasteiger partial charge in [-0.25, -0.2) is 0 Å². The second-order valence-electron chi connectivity index (χ2n) is 6.11. The van der Waals surface area contributed by atoms with Gasteiger partial charge in [0.25, 0.3) is 0 Å². The molecule has 1 heterocycles. The van der Waals surface area contributed by atoms with E-state index in [-0.39, 0.29) is 0 Å². The average Bonchev–Trinajstić information content (AvgIpc) is 2.52. The predicted octanol–water partition coefficient (Wildman–Crippen LogP) is 4.04. The molecule has 1 saturated heterocycles. The third-order valence-electron chi connectivity index (χ3n) is 4.67. The van der Waals surface area contributed by atoms with Gasteiger partial charge in [-0.2, -0.15) is 0 Å². The van der Waals surface area contributed by atoms with Crippen molar-refractivity contribution in [3.8, 4) is 0 Å². The van der Waals surface area contributed by atoms with Crippen molar-refractivity contribution >= 4 is 11.4 Å². The Labute approximate surface area is 127 Å². The van der Waals surface area contributed by atoms with Crippen molar-refractivity contribution in [3.63, 3.8) is 0 Å². The van der Waals surface area contributed by atoms with Gasteiger partial charge in [-0.15, -0.1) is 0 Å². The van der Waals surface area contributed by atoms with E-state index in [4.69, 9.17) is 5.73 Å². The van der Waals surface area contributed by atoms with Crippen molar-refractivity contribution in [2.45, 2.75) is 26.2 Å². The summed E-state index contributed by atoms with van der Waals surface area (Å²) in [6.45, 7) is 4.41. The lowest BCUT2D eigenvalue weighted by atomic mass is 9.90. The SMILES string of the molecule is Cc1c(N)cccc1N1CCC(Cc2ccccc2)CC1. The second-order valence-corrected chi connectivity index (χ2v) is 6.11. The highest BCUT2D eigenvalue weighted by molar-refractivity contribution is 5.64. The Morgan fingerprint density at radius 2 is 1.71 bits per heavy atom. The van der Waals surface area contributed by atoms with Gasteiger partial charge in [-0.05, 0) is 55.4 Å². The maximum Gasteiger partial charge on any atom is 0.0416 e. The zero-order valence-corrected chi connectivity index (χ0v) is 12.8. The molecule has 110 valence electrons. The number of anilines is 2. The maximum absolute atomic E-state index is 6.03. The number of benzene rings is 2. The third-order valence-corrected chi connectivity index (χ3v) is 4.67. The van der Waals surface area contributed by atoms with Crippen LogP contribution in [0.4, 0.5) is 11.4 Å². The molecule has 0 aromatic heterocycles. The van der Waals surface area contributed by atoms with Crippen molar-refractivity contribution in [1.29, 1.82) is 0 Å². The molecule has 2 N–H and O–H groups in total. The van der Waals surface area contributed by atoms with Crippen molar-refractivity contribution in [3.05, 3.63) is 59.7 Å². The van der Waals surface area contributed by atoms with Crippen LogP contribution in [0.3, 0.4) is 0 Å². The minimum absolute atomic E-state index is 0.810. The summed E-state index contributed by atoms with van der Waals surface area (Å²) in [4.78, 5) is 2.49. The lowest BCUT2D eigenvalue weighted by molar-refractivity contribution is 0.403. The molecule has 0 amide bonds. The molecule has 21 heavy (non-hydrogen) atoms. The Bertz CT molecular complexity index is 584. The zero-order valence-electron chi connectivity index (χ0n) is 12.8. The minimum atomic E-state index is 0.810. The Morgan fingerprint density at radius 1 is 1.00 bits per heavy atom. The fourth-order valence-corrected chi connectivity index (χ4v) is 3.31. The molecular weight excluding hydrogens is 256 g/mol. The summed E-state index contributed by atoms with van der Waals surface area (Å²) in [7, 11) is 0. The van der Waals surface area contributed by atoms with Crippen molar-refractivity contribution < 1.29 is 0 Å². The number of nitrogens with zero attached hydrogens (tertiary/aromatic N) is 1. The van der Waals surface area contributed by atoms with Gasteiger partial charge in [0, 0.05) is 24.5 Å². The topological polar surface area (TPSA) is 29.3 Å². The number of rotatable bonds is 3. The van der Waals surface area contributed by atoms with Crippen LogP contribution in [0.5, 0.6) is 0 Å². The molecule has 1 fully saturated rings. The van der Waals surface area contributed by atoms with Crippen LogP contribution in [0.15, 0.2) is 48.5 Å². The molecule has 2 nitrogen and oxygen atoms in total. The van der Waals surface area contributed by atoms with Gasteiger partial charge in [-0.3, -0.25) is 0 Å². The molecule has 2 aromatic rings. The highest BCUT2D eigenvalue weighted by atomic mass is 15.1. The first kappa shape index (κ1) is 14.0. The van der Waals surface area contributed by atoms with E-state index in [1.54, 1.807) is 0 Å². The Kier molecular flexibility index (Phi) is 4.14. The number of hydrogen-bond donors (Lipinski definition) is 1. The molecule has 0 spiro atoms. The van der Waals surface area contributed by atoms with Gasteiger partial charge in [0.15, 0.2) is 0 Å². The van der Waals surface area contributed by atoms with Gasteiger partial charge >= 0.3 is 0 Å². The Hall–Kier alpha value is -1.96. The summed E-state index contributed by atoms with van der Waals surface area (Å²) in [5.41, 5.74) is 10.9. The van der Waals surface area contributed by atoms with Crippen LogP contribution in [-0.2, 0) is 6.42 Å². The molecule has 0 unspecified atom stereocenters. The molecule has 0 radical (unpaired) electrons. The van der Waals surface area contributed by atoms with Crippen LogP contribution >= 0.6 is 0 Å². The molecule has 0 bridgehead atoms. The molecule has 1 aliphatic heterocycles. The monoisotopic (exact) mass is 280 g/mol. The predicted molar refractivity (Wildman–Crippen MR) is 90.7 cm³/mol. The third kappa shape index (κ3) is 3.21. The molecule has 2 heteroatoms. The normalized spacial score (nSPS) is 16.1. The van der Waals surface area contributed by atoms with Crippen LogP contribution in [0.1, 0.15) is 24.0 Å². The van der Waals surface area contributed by atoms with E-state index >= 15 is 0 Å². The fraction of sp³-hybridized carbons (Fsp3) is 0.368. The largest absolute Gasteiger partial charge is 0.398 e. The van der Waals surface area contributed by atoms with Gasteiger partial charge < -0.3 is 10.6 Å². The second kappa shape index (κ2) is 6.21. The fourth-order valence-electron chi connectivity index (χ4n) is 3.31. The van der Waals surface area contributed by atoms with Crippen LogP contribution in [0.2, 0.25) is 0 Å². The standard InChI is InChI=1S/C19H24N2/c1-15-18(20)8-5-9-19(15)21-12-10-17(11-13-21)14-16-6-3-2-4-7-16/h2-9,17H,10-14,20H2,1H3. The van der Waals surface area contributed by atoms with E-state index in [1.807, 2.05) is 6.07 Å². The van der Waals surface area contributed by atoms with Crippen molar-refractivity contribution in [2.24, 2.45) is 5.92 Å². The summed E-state index contributed by atoms with van der Waals surface area (Å²) < 4.78 is 0. The quantitative estimate of drug-likeness (QED) is 0.860. The van der Waals surface area contributed by atoms with Gasteiger partial charge in [-0.1, -0.05) is 36.4 Å². The summed E-state index contributed by atoms with van der Waals surface area (Å²) >= 11 is 0. The number of hydrogen-bond acceptors (Lipinski definition) is 2. The first-order chi connectivity index (χ1) is 10.2. The van der Waals surface area contributed by atoms with E-state index < -0.39 is 0 Å². The van der Waals surface area contributed by atoms with Gasteiger partial charge in [0.05, 0.1) is 0 Å². The van der Waals surface area contributed by atoms with Gasteiger partial charge in [0.2, 0.25) is 0 Å². The molecule has 3 rings (SSSR count). The molecular formula is C19H24N2. The lowest BCUT2D eigenvalue weighted by Gasteiger charge is -2.34. The summed E-state index contributed by atoms with van der Waals surface area (Å²) in [6.07, 6.45) is 3.75. The smallest absolute Gasteiger partial charge is 0.0416 e. The van der Waals surface area contributed by atoms with Crippen molar-refractivity contribution in [1.82, 2.24) is 0 Å². The maximum atomic E-state index is 6.03. The van der Waals surface area contributed by atoms with Gasteiger partial charge in [0.1, 0.15) is 0 Å². The molecule has 0 atom stereocenters. The first-order valence-electron chi connectivity index (χ1n) is 7.88. The van der Waals surface area contributed by atoms with E-state index in [9.17, 15) is 0 Å². The molecule has 0 saturated carbocycles. The minimum Gasteiger partial charge on any atom is -0.398 e. The van der Waals surface area contributed by atoms with Crippen LogP contribution in [0, 0.1) is 12.8 Å². The number of nitrogen functional groups attached to an aromatic ring is 1. The van der Waals surface area contributed by atoms with E-state index in [0.29, 0.717) is 0 Å². The van der Waals surface area contributed by atoms with Crippen LogP contribution in [-0.4, -0.2) is 13.1 Å². The molecule has 2 aromatic carbocycles. The molecule has 1 aliphatic rings. The Morgan fingerprint density at radius 3 is 2.43 bits per heavy atom. The Balaban J connectivity index is 1.61. The number of piperidine rings is 1. The number of nitrogens with two attached hydrogens (primary N) is 1. The first-order valence-corrected chi connectivity index (χ1v) is 7.88. The van der Waals surface area contributed by atoms with E-state index in [2.05, 4.69) is 54.3 Å². The summed E-state index contributed by atoms with van der Waals surface area (Å²) in [5.74, 6) is 0.810. The van der Waals surface area contributed by atoms with Crippen LogP contribution < -0.4 is 10.6 Å². The van der Waals surface area contributed by atoms with E-state index in [1.165, 1.54) is 36.1 Å². The highest BCUT2D eigenvalue weighted by Gasteiger charge is 2.20.